The minimum absolute atomic E-state index is 0.122. The van der Waals surface area contributed by atoms with Crippen molar-refractivity contribution < 1.29 is 32.3 Å². The molecular weight excluding hydrogens is 508 g/mol. The molecule has 2 aromatic carbocycles. The molecule has 13 heteroatoms. The van der Waals surface area contributed by atoms with Crippen LogP contribution in [0, 0.1) is 11.7 Å². The average Bonchev–Trinajstić information content (AvgIpc) is 2.90. The number of alkyl halides is 3. The number of nitrogen functional groups attached to an aromatic ring is 1. The topological polar surface area (TPSA) is 149 Å². The largest absolute Gasteiger partial charge is 0.483 e. The van der Waals surface area contributed by atoms with E-state index in [-0.39, 0.29) is 24.0 Å². The Labute approximate surface area is 214 Å². The molecular formula is C25H26F4N6O3. The summed E-state index contributed by atoms with van der Waals surface area (Å²) in [6, 6.07) is 13.3. The van der Waals surface area contributed by atoms with Gasteiger partial charge in [0.1, 0.15) is 5.82 Å². The van der Waals surface area contributed by atoms with Crippen molar-refractivity contribution in [3.63, 3.8) is 0 Å². The minimum Gasteiger partial charge on any atom is -0.483 e. The SMILES string of the molecule is N/N=c1/ccc(-c2ccc(C3CCCC(C(=O)Nc4ccc(C(F)(F)F)cc4F)C3)cc2)nn1N.O=CO. The quantitative estimate of drug-likeness (QED) is 0.173. The molecule has 1 fully saturated rings. The molecule has 2 unspecified atom stereocenters. The van der Waals surface area contributed by atoms with E-state index >= 15 is 0 Å². The molecule has 0 bridgehead atoms. The number of hydrogen-bond acceptors (Lipinski definition) is 6. The van der Waals surface area contributed by atoms with E-state index in [0.717, 1.165) is 40.9 Å². The van der Waals surface area contributed by atoms with Gasteiger partial charge in [0.15, 0.2) is 5.49 Å². The van der Waals surface area contributed by atoms with E-state index < -0.39 is 23.5 Å². The Morgan fingerprint density at radius 3 is 2.39 bits per heavy atom. The number of nitrogens with two attached hydrogens (primary N) is 2. The van der Waals surface area contributed by atoms with E-state index in [1.54, 1.807) is 12.1 Å². The molecule has 4 rings (SSSR count). The Morgan fingerprint density at radius 2 is 1.82 bits per heavy atom. The Kier molecular flexibility index (Phi) is 9.05. The molecule has 202 valence electrons. The summed E-state index contributed by atoms with van der Waals surface area (Å²) >= 11 is 0. The van der Waals surface area contributed by atoms with Crippen LogP contribution in [0.25, 0.3) is 11.3 Å². The van der Waals surface area contributed by atoms with Gasteiger partial charge >= 0.3 is 6.18 Å². The molecule has 1 aliphatic rings. The van der Waals surface area contributed by atoms with Crippen LogP contribution in [0.2, 0.25) is 0 Å². The Hall–Kier alpha value is -4.42. The lowest BCUT2D eigenvalue weighted by atomic mass is 9.77. The molecule has 3 aromatic rings. The van der Waals surface area contributed by atoms with E-state index in [1.165, 1.54) is 0 Å². The molecule has 1 heterocycles. The number of amides is 1. The van der Waals surface area contributed by atoms with Gasteiger partial charge in [0.25, 0.3) is 6.47 Å². The van der Waals surface area contributed by atoms with Crippen molar-refractivity contribution >= 4 is 18.1 Å². The van der Waals surface area contributed by atoms with Gasteiger partial charge < -0.3 is 22.1 Å². The maximum absolute atomic E-state index is 14.2. The van der Waals surface area contributed by atoms with Crippen molar-refractivity contribution in [2.24, 2.45) is 16.9 Å². The third-order valence-electron chi connectivity index (χ3n) is 6.25. The fourth-order valence-electron chi connectivity index (χ4n) is 4.37. The van der Waals surface area contributed by atoms with Gasteiger partial charge in [-0.2, -0.15) is 28.2 Å². The van der Waals surface area contributed by atoms with Crippen LogP contribution in [0.5, 0.6) is 0 Å². The number of carbonyl (C=O) groups excluding carboxylic acids is 1. The number of rotatable bonds is 4. The molecule has 1 saturated carbocycles. The second-order valence-corrected chi connectivity index (χ2v) is 8.62. The lowest BCUT2D eigenvalue weighted by Gasteiger charge is -2.29. The van der Waals surface area contributed by atoms with Crippen molar-refractivity contribution in [2.45, 2.75) is 37.8 Å². The maximum Gasteiger partial charge on any atom is 0.416 e. The minimum atomic E-state index is -4.65. The number of carboxylic acid groups (broad SMARTS) is 1. The molecule has 1 aliphatic carbocycles. The molecule has 1 amide bonds. The van der Waals surface area contributed by atoms with Crippen LogP contribution in [0.3, 0.4) is 0 Å². The van der Waals surface area contributed by atoms with Crippen molar-refractivity contribution in [3.8, 4) is 11.3 Å². The smallest absolute Gasteiger partial charge is 0.416 e. The van der Waals surface area contributed by atoms with E-state index in [2.05, 4.69) is 15.5 Å². The number of nitrogens with zero attached hydrogens (tertiary/aromatic N) is 3. The Balaban J connectivity index is 0.00000127. The van der Waals surface area contributed by atoms with Crippen molar-refractivity contribution in [1.82, 2.24) is 9.89 Å². The lowest BCUT2D eigenvalue weighted by Crippen LogP contribution is -2.31. The molecule has 38 heavy (non-hydrogen) atoms. The zero-order valence-corrected chi connectivity index (χ0v) is 20.0. The molecule has 2 atom stereocenters. The first-order valence-corrected chi connectivity index (χ1v) is 11.5. The van der Waals surface area contributed by atoms with Crippen molar-refractivity contribution in [3.05, 3.63) is 77.0 Å². The number of carbonyl (C=O) groups is 2. The Bertz CT molecular complexity index is 1340. The average molecular weight is 535 g/mol. The first-order valence-electron chi connectivity index (χ1n) is 11.5. The fraction of sp³-hybridized carbons (Fsp3) is 0.280. The molecule has 1 aromatic heterocycles. The van der Waals surface area contributed by atoms with E-state index in [1.807, 2.05) is 24.3 Å². The third-order valence-corrected chi connectivity index (χ3v) is 6.25. The highest BCUT2D eigenvalue weighted by molar-refractivity contribution is 5.92. The van der Waals surface area contributed by atoms with Gasteiger partial charge in [0.05, 0.1) is 16.9 Å². The van der Waals surface area contributed by atoms with E-state index in [0.29, 0.717) is 30.1 Å². The first kappa shape index (κ1) is 28.2. The molecule has 0 aliphatic heterocycles. The molecule has 0 spiro atoms. The predicted octanol–water partition coefficient (Wildman–Crippen LogP) is 3.81. The van der Waals surface area contributed by atoms with Gasteiger partial charge in [0, 0.05) is 11.5 Å². The predicted molar refractivity (Wildman–Crippen MR) is 131 cm³/mol. The van der Waals surface area contributed by atoms with Crippen LogP contribution in [0.15, 0.2) is 59.7 Å². The monoisotopic (exact) mass is 534 g/mol. The summed E-state index contributed by atoms with van der Waals surface area (Å²) in [6.45, 7) is -0.250. The molecule has 9 nitrogen and oxygen atoms in total. The second-order valence-electron chi connectivity index (χ2n) is 8.62. The first-order chi connectivity index (χ1) is 18.1. The Morgan fingerprint density at radius 1 is 1.13 bits per heavy atom. The van der Waals surface area contributed by atoms with E-state index in [4.69, 9.17) is 21.6 Å². The van der Waals surface area contributed by atoms with Crippen LogP contribution in [-0.2, 0) is 15.8 Å². The van der Waals surface area contributed by atoms with Crippen LogP contribution in [0.4, 0.5) is 23.2 Å². The number of benzene rings is 2. The fourth-order valence-corrected chi connectivity index (χ4v) is 4.37. The maximum atomic E-state index is 14.2. The normalized spacial score (nSPS) is 17.7. The summed E-state index contributed by atoms with van der Waals surface area (Å²) in [5.74, 6) is 9.25. The summed E-state index contributed by atoms with van der Waals surface area (Å²) in [7, 11) is 0. The lowest BCUT2D eigenvalue weighted by molar-refractivity contribution is -0.137. The van der Waals surface area contributed by atoms with Gasteiger partial charge in [-0.05, 0) is 61.1 Å². The highest BCUT2D eigenvalue weighted by Gasteiger charge is 2.32. The highest BCUT2D eigenvalue weighted by atomic mass is 19.4. The summed E-state index contributed by atoms with van der Waals surface area (Å²) in [5, 5.41) is 17.1. The third kappa shape index (κ3) is 6.87. The second kappa shape index (κ2) is 12.2. The number of aromatic nitrogens is 2. The van der Waals surface area contributed by atoms with Crippen LogP contribution in [0.1, 0.15) is 42.7 Å². The van der Waals surface area contributed by atoms with Gasteiger partial charge in [-0.1, -0.05) is 30.7 Å². The number of hydrogen-bond donors (Lipinski definition) is 4. The van der Waals surface area contributed by atoms with Gasteiger partial charge in [-0.25, -0.2) is 4.39 Å². The highest BCUT2D eigenvalue weighted by Crippen LogP contribution is 2.38. The van der Waals surface area contributed by atoms with Gasteiger partial charge in [-0.3, -0.25) is 9.59 Å². The summed E-state index contributed by atoms with van der Waals surface area (Å²) in [6.07, 6.45) is -1.77. The van der Waals surface area contributed by atoms with Crippen LogP contribution in [-0.4, -0.2) is 27.4 Å². The zero-order chi connectivity index (χ0) is 27.9. The van der Waals surface area contributed by atoms with Crippen molar-refractivity contribution in [1.29, 1.82) is 0 Å². The summed E-state index contributed by atoms with van der Waals surface area (Å²) < 4.78 is 52.4. The van der Waals surface area contributed by atoms with E-state index in [9.17, 15) is 22.4 Å². The number of anilines is 1. The summed E-state index contributed by atoms with van der Waals surface area (Å²) in [4.78, 5) is 22.2. The zero-order valence-electron chi connectivity index (χ0n) is 20.0. The van der Waals surface area contributed by atoms with Gasteiger partial charge in [-0.15, -0.1) is 0 Å². The van der Waals surface area contributed by atoms with Gasteiger partial charge in [0.2, 0.25) is 5.91 Å². The van der Waals surface area contributed by atoms with Crippen molar-refractivity contribution in [2.75, 3.05) is 11.2 Å². The molecule has 0 radical (unpaired) electrons. The molecule has 0 saturated heterocycles. The standard InChI is InChI=1S/C24H24F4N6O.CH2O2/c25-19-13-18(24(26,27)28)8-9-21(19)31-23(35)17-3-1-2-16(12-17)14-4-6-15(7-5-14)20-10-11-22(32-29)34(30)33-20;2-1-3/h4-11,13,16-17H,1-3,12,29-30H2,(H,31,35);1H,(H,2,3)/b32-22-;. The number of nitrogens with one attached hydrogen (secondary N) is 1. The van der Waals surface area contributed by atoms with Crippen LogP contribution >= 0.6 is 0 Å². The number of halogens is 4. The van der Waals surface area contributed by atoms with Crippen LogP contribution < -0.4 is 22.5 Å². The summed E-state index contributed by atoms with van der Waals surface area (Å²) in [5.41, 5.74) is 1.52. The molecule has 6 N–H and O–H groups in total.